The van der Waals surface area contributed by atoms with Crippen molar-refractivity contribution in [3.05, 3.63) is 33.4 Å². The zero-order chi connectivity index (χ0) is 11.3. The maximum absolute atomic E-state index is 11.4. The lowest BCUT2D eigenvalue weighted by molar-refractivity contribution is -0.168. The van der Waals surface area contributed by atoms with Gasteiger partial charge in [0.25, 0.3) is 0 Å². The van der Waals surface area contributed by atoms with E-state index >= 15 is 0 Å². The van der Waals surface area contributed by atoms with E-state index in [2.05, 4.69) is 22.6 Å². The van der Waals surface area contributed by atoms with Gasteiger partial charge in [0.1, 0.15) is 0 Å². The van der Waals surface area contributed by atoms with E-state index in [1.54, 1.807) is 7.05 Å². The minimum atomic E-state index is -0.00366. The second-order valence-electron chi connectivity index (χ2n) is 3.20. The number of nitrogens with zero attached hydrogens (tertiary/aromatic N) is 1. The van der Waals surface area contributed by atoms with E-state index in [9.17, 15) is 4.79 Å². The van der Waals surface area contributed by atoms with E-state index in [0.717, 1.165) is 6.42 Å². The quantitative estimate of drug-likeness (QED) is 0.629. The van der Waals surface area contributed by atoms with Crippen LogP contribution in [0.15, 0.2) is 24.3 Å². The number of carbonyl (C=O) groups excluding carboxylic acids is 1. The molecule has 0 bridgehead atoms. The van der Waals surface area contributed by atoms with E-state index < -0.39 is 0 Å². The lowest BCUT2D eigenvalue weighted by atomic mass is 10.1. The van der Waals surface area contributed by atoms with Crippen molar-refractivity contribution < 1.29 is 9.63 Å². The lowest BCUT2D eigenvalue weighted by Crippen LogP contribution is -2.25. The monoisotopic (exact) mass is 319 g/mol. The van der Waals surface area contributed by atoms with E-state index in [-0.39, 0.29) is 5.91 Å². The van der Waals surface area contributed by atoms with Gasteiger partial charge in [-0.3, -0.25) is 9.63 Å². The molecule has 15 heavy (non-hydrogen) atoms. The van der Waals surface area contributed by atoms with Crippen LogP contribution < -0.4 is 0 Å². The molecule has 0 unspecified atom stereocenters. The van der Waals surface area contributed by atoms with Crippen molar-refractivity contribution in [2.75, 3.05) is 14.2 Å². The van der Waals surface area contributed by atoms with Gasteiger partial charge in [-0.25, -0.2) is 5.06 Å². The van der Waals surface area contributed by atoms with Gasteiger partial charge >= 0.3 is 0 Å². The minimum absolute atomic E-state index is 0.00366. The van der Waals surface area contributed by atoms with Crippen LogP contribution in [0.1, 0.15) is 12.0 Å². The van der Waals surface area contributed by atoms with Crippen LogP contribution in [0.4, 0.5) is 0 Å². The fourth-order valence-corrected chi connectivity index (χ4v) is 1.52. The summed E-state index contributed by atoms with van der Waals surface area (Å²) in [5, 5.41) is 1.26. The molecular weight excluding hydrogens is 305 g/mol. The number of aryl methyl sites for hydroxylation is 1. The standard InChI is InChI=1S/C11H14INO2/c1-13(15-2)11(14)8-5-9-3-6-10(12)7-4-9/h3-4,6-7H,5,8H2,1-2H3. The largest absolute Gasteiger partial charge is 0.275 e. The summed E-state index contributed by atoms with van der Waals surface area (Å²) < 4.78 is 1.21. The number of carbonyl (C=O) groups is 1. The maximum Gasteiger partial charge on any atom is 0.246 e. The van der Waals surface area contributed by atoms with Gasteiger partial charge in [0, 0.05) is 17.0 Å². The summed E-state index contributed by atoms with van der Waals surface area (Å²) in [5.41, 5.74) is 1.17. The summed E-state index contributed by atoms with van der Waals surface area (Å²) in [6, 6.07) is 8.17. The molecule has 1 aromatic rings. The predicted octanol–water partition coefficient (Wildman–Crippen LogP) is 2.24. The molecule has 1 amide bonds. The Kier molecular flexibility index (Phi) is 5.04. The molecule has 0 saturated carbocycles. The Hall–Kier alpha value is -0.620. The Morgan fingerprint density at radius 2 is 2.00 bits per heavy atom. The average Bonchev–Trinajstić information content (AvgIpc) is 2.26. The molecule has 0 saturated heterocycles. The van der Waals surface area contributed by atoms with Crippen LogP contribution in [0.5, 0.6) is 0 Å². The molecule has 1 aromatic carbocycles. The number of hydrogen-bond acceptors (Lipinski definition) is 2. The van der Waals surface area contributed by atoms with Crippen LogP contribution in [-0.4, -0.2) is 25.1 Å². The Balaban J connectivity index is 2.43. The number of rotatable bonds is 4. The van der Waals surface area contributed by atoms with Gasteiger partial charge in [0.15, 0.2) is 0 Å². The Morgan fingerprint density at radius 1 is 1.40 bits per heavy atom. The van der Waals surface area contributed by atoms with Crippen LogP contribution in [-0.2, 0) is 16.1 Å². The zero-order valence-electron chi connectivity index (χ0n) is 8.87. The van der Waals surface area contributed by atoms with Crippen molar-refractivity contribution in [2.24, 2.45) is 0 Å². The second kappa shape index (κ2) is 6.07. The van der Waals surface area contributed by atoms with Gasteiger partial charge in [0.2, 0.25) is 5.91 Å². The molecule has 0 aromatic heterocycles. The van der Waals surface area contributed by atoms with Crippen molar-refractivity contribution in [3.8, 4) is 0 Å². The second-order valence-corrected chi connectivity index (χ2v) is 4.45. The van der Waals surface area contributed by atoms with Crippen LogP contribution >= 0.6 is 22.6 Å². The Labute approximate surface area is 104 Å². The van der Waals surface area contributed by atoms with Crippen molar-refractivity contribution in [1.82, 2.24) is 5.06 Å². The molecule has 0 radical (unpaired) electrons. The first-order valence-electron chi connectivity index (χ1n) is 4.68. The zero-order valence-corrected chi connectivity index (χ0v) is 11.0. The summed E-state index contributed by atoms with van der Waals surface area (Å²) in [5.74, 6) is -0.00366. The Morgan fingerprint density at radius 3 is 2.53 bits per heavy atom. The molecule has 0 atom stereocenters. The molecule has 0 aliphatic carbocycles. The molecule has 1 rings (SSSR count). The van der Waals surface area contributed by atoms with Gasteiger partial charge in [-0.15, -0.1) is 0 Å². The highest BCUT2D eigenvalue weighted by atomic mass is 127. The third-order valence-electron chi connectivity index (χ3n) is 2.17. The van der Waals surface area contributed by atoms with Gasteiger partial charge in [-0.1, -0.05) is 12.1 Å². The van der Waals surface area contributed by atoms with Crippen molar-refractivity contribution in [3.63, 3.8) is 0 Å². The summed E-state index contributed by atoms with van der Waals surface area (Å²) >= 11 is 2.26. The molecule has 0 heterocycles. The van der Waals surface area contributed by atoms with Crippen LogP contribution in [0.2, 0.25) is 0 Å². The van der Waals surface area contributed by atoms with Gasteiger partial charge < -0.3 is 0 Å². The van der Waals surface area contributed by atoms with E-state index in [4.69, 9.17) is 4.84 Å². The summed E-state index contributed by atoms with van der Waals surface area (Å²) in [6.45, 7) is 0. The third-order valence-corrected chi connectivity index (χ3v) is 2.89. The molecule has 0 spiro atoms. The summed E-state index contributed by atoms with van der Waals surface area (Å²) in [7, 11) is 3.11. The van der Waals surface area contributed by atoms with E-state index in [1.165, 1.54) is 21.3 Å². The molecule has 4 heteroatoms. The molecule has 0 N–H and O–H groups in total. The first kappa shape index (κ1) is 12.4. The molecular formula is C11H14INO2. The van der Waals surface area contributed by atoms with Crippen molar-refractivity contribution in [1.29, 1.82) is 0 Å². The van der Waals surface area contributed by atoms with Crippen LogP contribution in [0, 0.1) is 3.57 Å². The number of hydrogen-bond donors (Lipinski definition) is 0. The smallest absolute Gasteiger partial charge is 0.246 e. The number of amides is 1. The predicted molar refractivity (Wildman–Crippen MR) is 67.3 cm³/mol. The SMILES string of the molecule is CON(C)C(=O)CCc1ccc(I)cc1. The fourth-order valence-electron chi connectivity index (χ4n) is 1.16. The minimum Gasteiger partial charge on any atom is -0.275 e. The topological polar surface area (TPSA) is 29.5 Å². The maximum atomic E-state index is 11.4. The molecule has 0 fully saturated rings. The highest BCUT2D eigenvalue weighted by Gasteiger charge is 2.07. The lowest BCUT2D eigenvalue weighted by Gasteiger charge is -2.13. The molecule has 0 aliphatic rings. The molecule has 3 nitrogen and oxygen atoms in total. The highest BCUT2D eigenvalue weighted by Crippen LogP contribution is 2.09. The van der Waals surface area contributed by atoms with Gasteiger partial charge in [-0.2, -0.15) is 0 Å². The normalized spacial score (nSPS) is 10.1. The van der Waals surface area contributed by atoms with Crippen molar-refractivity contribution in [2.45, 2.75) is 12.8 Å². The fraction of sp³-hybridized carbons (Fsp3) is 0.364. The van der Waals surface area contributed by atoms with Crippen molar-refractivity contribution >= 4 is 28.5 Å². The summed E-state index contributed by atoms with van der Waals surface area (Å²) in [4.78, 5) is 16.2. The average molecular weight is 319 g/mol. The first-order valence-corrected chi connectivity index (χ1v) is 5.76. The van der Waals surface area contributed by atoms with Crippen LogP contribution in [0.25, 0.3) is 0 Å². The van der Waals surface area contributed by atoms with E-state index in [1.807, 2.05) is 24.3 Å². The Bertz CT molecular complexity index is 324. The molecule has 82 valence electrons. The highest BCUT2D eigenvalue weighted by molar-refractivity contribution is 14.1. The number of benzene rings is 1. The van der Waals surface area contributed by atoms with Gasteiger partial charge in [0.05, 0.1) is 7.11 Å². The number of hydroxylamine groups is 2. The van der Waals surface area contributed by atoms with E-state index in [0.29, 0.717) is 6.42 Å². The van der Waals surface area contributed by atoms with Gasteiger partial charge in [-0.05, 0) is 46.7 Å². The third kappa shape index (κ3) is 4.17. The first-order chi connectivity index (χ1) is 7.13. The molecule has 0 aliphatic heterocycles. The van der Waals surface area contributed by atoms with Crippen LogP contribution in [0.3, 0.4) is 0 Å². The summed E-state index contributed by atoms with van der Waals surface area (Å²) in [6.07, 6.45) is 1.23. The number of halogens is 1.